The molecule has 0 bridgehead atoms. The van der Waals surface area contributed by atoms with E-state index in [0.717, 1.165) is 5.56 Å². The molecule has 0 unspecified atom stereocenters. The van der Waals surface area contributed by atoms with Crippen LogP contribution in [0.4, 0.5) is 5.69 Å². The van der Waals surface area contributed by atoms with Gasteiger partial charge in [-0.25, -0.2) is 0 Å². The first-order chi connectivity index (χ1) is 8.97. The monoisotopic (exact) mass is 261 g/mol. The summed E-state index contributed by atoms with van der Waals surface area (Å²) < 4.78 is 4.93. The molecule has 0 spiro atoms. The van der Waals surface area contributed by atoms with E-state index in [1.165, 1.54) is 19.1 Å². The highest BCUT2D eigenvalue weighted by molar-refractivity contribution is 5.77. The topological polar surface area (TPSA) is 99.1 Å². The molecule has 0 aliphatic carbocycles. The lowest BCUT2D eigenvalue weighted by Gasteiger charge is -2.00. The average Bonchev–Trinajstić information content (AvgIpc) is 2.76. The molecular weight excluding hydrogens is 250 g/mol. The van der Waals surface area contributed by atoms with Crippen molar-refractivity contribution in [3.63, 3.8) is 0 Å². The molecule has 2 rings (SSSR count). The van der Waals surface area contributed by atoms with Crippen molar-refractivity contribution in [3.8, 4) is 11.4 Å². The fourth-order valence-electron chi connectivity index (χ4n) is 1.61. The van der Waals surface area contributed by atoms with Crippen LogP contribution >= 0.6 is 0 Å². The van der Waals surface area contributed by atoms with E-state index in [9.17, 15) is 14.9 Å². The van der Waals surface area contributed by atoms with Crippen molar-refractivity contribution >= 4 is 11.5 Å². The number of non-ortho nitro benzene ring substituents is 1. The minimum atomic E-state index is -0.487. The number of ketones is 1. The normalized spacial score (nSPS) is 10.4. The molecule has 7 nitrogen and oxygen atoms in total. The van der Waals surface area contributed by atoms with Gasteiger partial charge in [0.1, 0.15) is 5.78 Å². The second-order valence-corrected chi connectivity index (χ2v) is 4.15. The van der Waals surface area contributed by atoms with Gasteiger partial charge < -0.3 is 4.52 Å². The highest BCUT2D eigenvalue weighted by atomic mass is 16.6. The Bertz CT molecular complexity index is 648. The first-order valence-electron chi connectivity index (χ1n) is 5.55. The number of hydrogen-bond acceptors (Lipinski definition) is 6. The lowest BCUT2D eigenvalue weighted by molar-refractivity contribution is -0.384. The minimum Gasteiger partial charge on any atom is -0.339 e. The molecule has 1 aromatic heterocycles. The van der Waals surface area contributed by atoms with E-state index in [1.807, 2.05) is 0 Å². The fraction of sp³-hybridized carbons (Fsp3) is 0.250. The molecule has 1 heterocycles. The van der Waals surface area contributed by atoms with Gasteiger partial charge in [0.05, 0.1) is 11.3 Å². The van der Waals surface area contributed by atoms with Crippen molar-refractivity contribution in [2.24, 2.45) is 0 Å². The van der Waals surface area contributed by atoms with Crippen molar-refractivity contribution in [2.75, 3.05) is 0 Å². The lowest BCUT2D eigenvalue weighted by atomic mass is 10.1. The molecule has 0 radical (unpaired) electrons. The number of carbonyl (C=O) groups is 1. The van der Waals surface area contributed by atoms with Gasteiger partial charge in [0, 0.05) is 17.7 Å². The standard InChI is InChI=1S/C12H11N3O4/c1-7-3-4-9(15(17)18)6-10(7)12-13-11(19-14-12)5-8(2)16/h3-4,6H,5H2,1-2H3. The van der Waals surface area contributed by atoms with Gasteiger partial charge >= 0.3 is 0 Å². The molecule has 0 saturated heterocycles. The van der Waals surface area contributed by atoms with Crippen molar-refractivity contribution in [3.05, 3.63) is 39.8 Å². The molecule has 0 amide bonds. The third kappa shape index (κ3) is 2.82. The predicted molar refractivity (Wildman–Crippen MR) is 65.5 cm³/mol. The van der Waals surface area contributed by atoms with Crippen molar-refractivity contribution in [1.29, 1.82) is 0 Å². The van der Waals surface area contributed by atoms with Gasteiger partial charge in [-0.05, 0) is 19.4 Å². The molecule has 0 atom stereocenters. The molecule has 1 aromatic carbocycles. The average molecular weight is 261 g/mol. The van der Waals surface area contributed by atoms with Crippen molar-refractivity contribution in [2.45, 2.75) is 20.3 Å². The maximum atomic E-state index is 11.0. The number of carbonyl (C=O) groups excluding carboxylic acids is 1. The number of Topliss-reactive ketones (excluding diaryl/α,β-unsaturated/α-hetero) is 1. The number of nitro benzene ring substituents is 1. The summed E-state index contributed by atoms with van der Waals surface area (Å²) in [7, 11) is 0. The Hall–Kier alpha value is -2.57. The Morgan fingerprint density at radius 2 is 2.21 bits per heavy atom. The molecule has 0 N–H and O–H groups in total. The first-order valence-corrected chi connectivity index (χ1v) is 5.55. The second kappa shape index (κ2) is 4.97. The van der Waals surface area contributed by atoms with E-state index >= 15 is 0 Å². The molecule has 0 saturated carbocycles. The Morgan fingerprint density at radius 1 is 1.47 bits per heavy atom. The first kappa shape index (κ1) is 12.9. The summed E-state index contributed by atoms with van der Waals surface area (Å²) in [6, 6.07) is 4.42. The van der Waals surface area contributed by atoms with Gasteiger partial charge in [0.2, 0.25) is 11.7 Å². The van der Waals surface area contributed by atoms with Gasteiger partial charge in [0.15, 0.2) is 0 Å². The Kier molecular flexibility index (Phi) is 3.37. The highest BCUT2D eigenvalue weighted by Gasteiger charge is 2.15. The van der Waals surface area contributed by atoms with Crippen LogP contribution in [0.1, 0.15) is 18.4 Å². The minimum absolute atomic E-state index is 0.0430. The number of benzene rings is 1. The SMILES string of the molecule is CC(=O)Cc1nc(-c2cc([N+](=O)[O-])ccc2C)no1. The Morgan fingerprint density at radius 3 is 2.84 bits per heavy atom. The molecule has 0 fully saturated rings. The fourth-order valence-corrected chi connectivity index (χ4v) is 1.61. The summed E-state index contributed by atoms with van der Waals surface area (Å²) in [5, 5.41) is 14.5. The Balaban J connectivity index is 2.40. The molecule has 2 aromatic rings. The zero-order valence-corrected chi connectivity index (χ0v) is 10.4. The largest absolute Gasteiger partial charge is 0.339 e. The summed E-state index contributed by atoms with van der Waals surface area (Å²) in [4.78, 5) is 25.3. The third-order valence-electron chi connectivity index (χ3n) is 2.54. The molecule has 0 aliphatic rings. The summed E-state index contributed by atoms with van der Waals surface area (Å²) in [5.74, 6) is 0.358. The smallest absolute Gasteiger partial charge is 0.270 e. The van der Waals surface area contributed by atoms with Crippen molar-refractivity contribution < 1.29 is 14.2 Å². The predicted octanol–water partition coefficient (Wildman–Crippen LogP) is 2.08. The zero-order chi connectivity index (χ0) is 14.0. The quantitative estimate of drug-likeness (QED) is 0.617. The molecule has 0 aliphatic heterocycles. The number of aromatic nitrogens is 2. The third-order valence-corrected chi connectivity index (χ3v) is 2.54. The number of hydrogen-bond donors (Lipinski definition) is 0. The maximum absolute atomic E-state index is 11.0. The lowest BCUT2D eigenvalue weighted by Crippen LogP contribution is -1.96. The van der Waals surface area contributed by atoms with E-state index in [2.05, 4.69) is 10.1 Å². The molecule has 19 heavy (non-hydrogen) atoms. The van der Waals surface area contributed by atoms with Crippen molar-refractivity contribution in [1.82, 2.24) is 10.1 Å². The summed E-state index contributed by atoms with van der Waals surface area (Å²) in [5.41, 5.74) is 1.27. The number of nitrogens with zero attached hydrogens (tertiary/aromatic N) is 3. The summed E-state index contributed by atoms with van der Waals surface area (Å²) >= 11 is 0. The van der Waals surface area contributed by atoms with Gasteiger partial charge in [-0.1, -0.05) is 11.2 Å². The van der Waals surface area contributed by atoms with Gasteiger partial charge in [-0.15, -0.1) is 0 Å². The molecule has 7 heteroatoms. The van der Waals surface area contributed by atoms with Crippen LogP contribution in [0.2, 0.25) is 0 Å². The highest BCUT2D eigenvalue weighted by Crippen LogP contribution is 2.25. The van der Waals surface area contributed by atoms with E-state index in [1.54, 1.807) is 13.0 Å². The van der Waals surface area contributed by atoms with E-state index in [4.69, 9.17) is 4.52 Å². The van der Waals surface area contributed by atoms with Crippen LogP contribution in [0.25, 0.3) is 11.4 Å². The second-order valence-electron chi connectivity index (χ2n) is 4.15. The summed E-state index contributed by atoms with van der Waals surface area (Å²) in [6.45, 7) is 3.21. The zero-order valence-electron chi connectivity index (χ0n) is 10.4. The van der Waals surface area contributed by atoms with Crippen LogP contribution in [-0.4, -0.2) is 20.8 Å². The summed E-state index contributed by atoms with van der Waals surface area (Å²) in [6.07, 6.45) is 0.0565. The van der Waals surface area contributed by atoms with Gasteiger partial charge in [-0.2, -0.15) is 4.98 Å². The van der Waals surface area contributed by atoms with Crippen LogP contribution in [0.15, 0.2) is 22.7 Å². The van der Waals surface area contributed by atoms with E-state index in [-0.39, 0.29) is 29.6 Å². The van der Waals surface area contributed by atoms with Crippen LogP contribution in [0, 0.1) is 17.0 Å². The van der Waals surface area contributed by atoms with E-state index in [0.29, 0.717) is 5.56 Å². The number of rotatable bonds is 4. The van der Waals surface area contributed by atoms with Crippen LogP contribution < -0.4 is 0 Å². The van der Waals surface area contributed by atoms with Gasteiger partial charge in [0.25, 0.3) is 5.69 Å². The van der Waals surface area contributed by atoms with Crippen LogP contribution in [0.5, 0.6) is 0 Å². The maximum Gasteiger partial charge on any atom is 0.270 e. The molecular formula is C12H11N3O4. The van der Waals surface area contributed by atoms with Crippen LogP contribution in [0.3, 0.4) is 0 Å². The van der Waals surface area contributed by atoms with Crippen LogP contribution in [-0.2, 0) is 11.2 Å². The van der Waals surface area contributed by atoms with E-state index < -0.39 is 4.92 Å². The Labute approximate surface area is 108 Å². The number of nitro groups is 1. The van der Waals surface area contributed by atoms with Gasteiger partial charge in [-0.3, -0.25) is 14.9 Å². The molecule has 98 valence electrons. The number of aryl methyl sites for hydroxylation is 1.